The van der Waals surface area contributed by atoms with Crippen LogP contribution < -0.4 is 4.74 Å². The molecule has 0 amide bonds. The van der Waals surface area contributed by atoms with Crippen LogP contribution in [0.2, 0.25) is 0 Å². The molecular weight excluding hydrogens is 623 g/mol. The Morgan fingerprint density at radius 2 is 0.922 bits per heavy atom. The van der Waals surface area contributed by atoms with Crippen molar-refractivity contribution in [3.05, 3.63) is 176 Å². The molecule has 0 N–H and O–H groups in total. The van der Waals surface area contributed by atoms with Crippen molar-refractivity contribution in [2.45, 2.75) is 0 Å². The zero-order valence-corrected chi connectivity index (χ0v) is 27.5. The predicted molar refractivity (Wildman–Crippen MR) is 208 cm³/mol. The Labute approximate surface area is 295 Å². The van der Waals surface area contributed by atoms with Crippen LogP contribution in [0.5, 0.6) is 11.5 Å². The molecule has 0 bridgehead atoms. The van der Waals surface area contributed by atoms with E-state index in [2.05, 4.69) is 140 Å². The van der Waals surface area contributed by atoms with Gasteiger partial charge in [-0.2, -0.15) is 0 Å². The summed E-state index contributed by atoms with van der Waals surface area (Å²) >= 11 is 0. The Kier molecular flexibility index (Phi) is 6.78. The summed E-state index contributed by atoms with van der Waals surface area (Å²) in [6.07, 6.45) is 0. The molecule has 0 atom stereocenters. The second kappa shape index (κ2) is 11.9. The highest BCUT2D eigenvalue weighted by molar-refractivity contribution is 6.10. The van der Waals surface area contributed by atoms with Gasteiger partial charge in [0.2, 0.25) is 0 Å². The van der Waals surface area contributed by atoms with Gasteiger partial charge >= 0.3 is 0 Å². The summed E-state index contributed by atoms with van der Waals surface area (Å²) in [5.41, 5.74) is 9.49. The molecule has 1 aromatic heterocycles. The number of nitrogens with zero attached hydrogens (tertiary/aromatic N) is 3. The van der Waals surface area contributed by atoms with E-state index in [-0.39, 0.29) is 0 Å². The second-order valence-electron chi connectivity index (χ2n) is 12.8. The van der Waals surface area contributed by atoms with E-state index in [9.17, 15) is 0 Å². The van der Waals surface area contributed by atoms with Gasteiger partial charge in [0, 0.05) is 33.2 Å². The largest absolute Gasteiger partial charge is 0.455 e. The number of aromatic nitrogens is 3. The number of ether oxygens (including phenoxy) is 1. The van der Waals surface area contributed by atoms with Crippen LogP contribution in [0.25, 0.3) is 89.1 Å². The van der Waals surface area contributed by atoms with Gasteiger partial charge in [-0.3, -0.25) is 0 Å². The van der Waals surface area contributed by atoms with Crippen LogP contribution in [0.15, 0.2) is 176 Å². The van der Waals surface area contributed by atoms with Gasteiger partial charge in [-0.05, 0) is 56.6 Å². The number of hydrogen-bond acceptors (Lipinski definition) is 4. The zero-order valence-electron chi connectivity index (χ0n) is 27.5. The molecular formula is C47H29N3O. The fourth-order valence-electron chi connectivity index (χ4n) is 7.22. The molecule has 2 heterocycles. The van der Waals surface area contributed by atoms with E-state index >= 15 is 0 Å². The first-order chi connectivity index (χ1) is 25.3. The third-order valence-corrected chi connectivity index (χ3v) is 9.74. The normalized spacial score (nSPS) is 11.7. The highest BCUT2D eigenvalue weighted by atomic mass is 16.5. The summed E-state index contributed by atoms with van der Waals surface area (Å²) in [5, 5.41) is 4.54. The Morgan fingerprint density at radius 3 is 1.71 bits per heavy atom. The zero-order chi connectivity index (χ0) is 33.7. The van der Waals surface area contributed by atoms with Crippen LogP contribution in [-0.2, 0) is 0 Å². The van der Waals surface area contributed by atoms with E-state index in [1.807, 2.05) is 36.4 Å². The lowest BCUT2D eigenvalue weighted by molar-refractivity contribution is 0.489. The summed E-state index contributed by atoms with van der Waals surface area (Å²) in [4.78, 5) is 15.2. The molecule has 0 radical (unpaired) electrons. The summed E-state index contributed by atoms with van der Waals surface area (Å²) in [6.45, 7) is 0. The predicted octanol–water partition coefficient (Wildman–Crippen LogP) is 12.3. The van der Waals surface area contributed by atoms with Gasteiger partial charge in [0.05, 0.1) is 0 Å². The van der Waals surface area contributed by atoms with Gasteiger partial charge in [-0.1, -0.05) is 158 Å². The molecule has 4 nitrogen and oxygen atoms in total. The van der Waals surface area contributed by atoms with Gasteiger partial charge in [0.1, 0.15) is 11.5 Å². The molecule has 0 fully saturated rings. The summed E-state index contributed by atoms with van der Waals surface area (Å²) in [6, 6.07) is 61.0. The van der Waals surface area contributed by atoms with Crippen molar-refractivity contribution in [1.29, 1.82) is 0 Å². The average molecular weight is 652 g/mol. The number of rotatable bonds is 5. The highest BCUT2D eigenvalue weighted by Crippen LogP contribution is 2.51. The lowest BCUT2D eigenvalue weighted by Crippen LogP contribution is -2.02. The van der Waals surface area contributed by atoms with Crippen molar-refractivity contribution in [3.8, 4) is 79.0 Å². The standard InChI is InChI=1S/C47H29N3O/c1-3-12-32(13-4-1)37-17-9-20-40-38-18-10-19-39-41(27-28-42(43(38)39)51-44(37)40)47-49-45(33-14-5-2-6-15-33)48-46(50-47)34-24-21-31(22-25-34)36-26-23-30-11-7-8-16-35(30)29-36/h1-29H. The van der Waals surface area contributed by atoms with Crippen molar-refractivity contribution >= 4 is 21.5 Å². The first kappa shape index (κ1) is 29.0. The molecule has 0 saturated heterocycles. The van der Waals surface area contributed by atoms with Crippen molar-refractivity contribution in [1.82, 2.24) is 15.0 Å². The average Bonchev–Trinajstić information content (AvgIpc) is 3.21. The van der Waals surface area contributed by atoms with E-state index in [0.717, 1.165) is 66.8 Å². The van der Waals surface area contributed by atoms with E-state index in [4.69, 9.17) is 19.7 Å². The second-order valence-corrected chi connectivity index (χ2v) is 12.8. The highest BCUT2D eigenvalue weighted by Gasteiger charge is 2.25. The number of para-hydroxylation sites is 1. The molecule has 0 saturated carbocycles. The molecule has 0 unspecified atom stereocenters. The molecule has 4 heteroatoms. The molecule has 0 aliphatic carbocycles. The van der Waals surface area contributed by atoms with Gasteiger partial charge in [-0.25, -0.2) is 15.0 Å². The third kappa shape index (κ3) is 5.04. The van der Waals surface area contributed by atoms with Crippen LogP contribution in [0, 0.1) is 0 Å². The monoisotopic (exact) mass is 651 g/mol. The van der Waals surface area contributed by atoms with Crippen molar-refractivity contribution in [3.63, 3.8) is 0 Å². The van der Waals surface area contributed by atoms with E-state index in [1.54, 1.807) is 0 Å². The van der Waals surface area contributed by atoms with Gasteiger partial charge in [-0.15, -0.1) is 0 Å². The Bertz CT molecular complexity index is 2760. The van der Waals surface area contributed by atoms with Crippen LogP contribution in [-0.4, -0.2) is 15.0 Å². The minimum absolute atomic E-state index is 0.616. The van der Waals surface area contributed by atoms with Crippen LogP contribution in [0.4, 0.5) is 0 Å². The van der Waals surface area contributed by atoms with Crippen molar-refractivity contribution < 1.29 is 4.74 Å². The topological polar surface area (TPSA) is 47.9 Å². The number of benzene rings is 8. The fourth-order valence-corrected chi connectivity index (χ4v) is 7.22. The molecule has 1 aliphatic heterocycles. The van der Waals surface area contributed by atoms with Gasteiger partial charge in [0.15, 0.2) is 17.5 Å². The van der Waals surface area contributed by atoms with Crippen molar-refractivity contribution in [2.75, 3.05) is 0 Å². The molecule has 238 valence electrons. The van der Waals surface area contributed by atoms with Crippen LogP contribution in [0.3, 0.4) is 0 Å². The fraction of sp³-hybridized carbons (Fsp3) is 0. The first-order valence-electron chi connectivity index (χ1n) is 17.1. The van der Waals surface area contributed by atoms with E-state index < -0.39 is 0 Å². The minimum Gasteiger partial charge on any atom is -0.455 e. The van der Waals surface area contributed by atoms with E-state index in [0.29, 0.717) is 17.5 Å². The Hall–Kier alpha value is -6.91. The van der Waals surface area contributed by atoms with Gasteiger partial charge in [0.25, 0.3) is 0 Å². The first-order valence-corrected chi connectivity index (χ1v) is 17.1. The van der Waals surface area contributed by atoms with Crippen molar-refractivity contribution in [2.24, 2.45) is 0 Å². The van der Waals surface area contributed by atoms with Crippen LogP contribution >= 0.6 is 0 Å². The van der Waals surface area contributed by atoms with Gasteiger partial charge < -0.3 is 4.74 Å². The maximum atomic E-state index is 6.73. The SMILES string of the molecule is c1ccc(-c2nc(-c3ccc(-c4ccc5ccccc5c4)cc3)nc(-c3ccc4c5c(cccc35)-c3cccc(-c5ccccc5)c3O4)n2)cc1. The summed E-state index contributed by atoms with van der Waals surface area (Å²) in [5.74, 6) is 3.56. The maximum absolute atomic E-state index is 6.73. The number of hydrogen-bond donors (Lipinski definition) is 0. The minimum atomic E-state index is 0.616. The summed E-state index contributed by atoms with van der Waals surface area (Å²) in [7, 11) is 0. The molecule has 1 aliphatic rings. The quantitative estimate of drug-likeness (QED) is 0.186. The Balaban J connectivity index is 1.10. The summed E-state index contributed by atoms with van der Waals surface area (Å²) < 4.78 is 6.73. The lowest BCUT2D eigenvalue weighted by atomic mass is 9.90. The lowest BCUT2D eigenvalue weighted by Gasteiger charge is -2.24. The molecule has 9 aromatic rings. The smallest absolute Gasteiger partial charge is 0.164 e. The molecule has 10 rings (SSSR count). The maximum Gasteiger partial charge on any atom is 0.164 e. The van der Waals surface area contributed by atoms with E-state index in [1.165, 1.54) is 16.3 Å². The molecule has 51 heavy (non-hydrogen) atoms. The Morgan fingerprint density at radius 1 is 0.333 bits per heavy atom. The third-order valence-electron chi connectivity index (χ3n) is 9.74. The number of fused-ring (bicyclic) bond motifs is 3. The molecule has 8 aromatic carbocycles. The molecule has 0 spiro atoms. The van der Waals surface area contributed by atoms with Crippen LogP contribution in [0.1, 0.15) is 0 Å².